The van der Waals surface area contributed by atoms with Crippen LogP contribution in [0.25, 0.3) is 0 Å². The summed E-state index contributed by atoms with van der Waals surface area (Å²) in [5, 5.41) is 11.8. The number of thiophene rings is 1. The van der Waals surface area contributed by atoms with Crippen molar-refractivity contribution >= 4 is 38.9 Å². The maximum absolute atomic E-state index is 12.0. The summed E-state index contributed by atoms with van der Waals surface area (Å²) in [6.07, 6.45) is 1.93. The van der Waals surface area contributed by atoms with Gasteiger partial charge >= 0.3 is 0 Å². The van der Waals surface area contributed by atoms with Crippen molar-refractivity contribution in [2.24, 2.45) is 0 Å². The number of sulfonamides is 1. The molecule has 0 aliphatic rings. The van der Waals surface area contributed by atoms with Gasteiger partial charge in [0, 0.05) is 18.0 Å². The lowest BCUT2D eigenvalue weighted by atomic mass is 10.5. The molecule has 21 heavy (non-hydrogen) atoms. The first-order valence-corrected chi connectivity index (χ1v) is 9.71. The first-order chi connectivity index (χ1) is 10.0. The molecule has 0 unspecified atom stereocenters. The van der Waals surface area contributed by atoms with Gasteiger partial charge in [0.2, 0.25) is 10.0 Å². The Balaban J connectivity index is 1.81. The highest BCUT2D eigenvalue weighted by atomic mass is 32.2. The number of aromatic nitrogens is 2. The van der Waals surface area contributed by atoms with Gasteiger partial charge in [0.05, 0.1) is 0 Å². The van der Waals surface area contributed by atoms with Crippen LogP contribution in [0.5, 0.6) is 0 Å². The van der Waals surface area contributed by atoms with E-state index in [9.17, 15) is 8.42 Å². The number of rotatable bonds is 7. The SMILES string of the molecule is CSc1ccc(NCCNS(=O)(=O)c2ccc(C)s2)nn1. The predicted octanol–water partition coefficient (Wildman–Crippen LogP) is 1.96. The third kappa shape index (κ3) is 4.67. The average Bonchev–Trinajstić information content (AvgIpc) is 2.92. The zero-order valence-corrected chi connectivity index (χ0v) is 14.1. The molecule has 9 heteroatoms. The van der Waals surface area contributed by atoms with E-state index in [1.165, 1.54) is 23.1 Å². The molecule has 2 heterocycles. The summed E-state index contributed by atoms with van der Waals surface area (Å²) >= 11 is 2.77. The van der Waals surface area contributed by atoms with Crippen LogP contribution in [0.15, 0.2) is 33.5 Å². The van der Waals surface area contributed by atoms with Crippen molar-refractivity contribution in [1.82, 2.24) is 14.9 Å². The Morgan fingerprint density at radius 3 is 2.57 bits per heavy atom. The van der Waals surface area contributed by atoms with E-state index in [0.717, 1.165) is 9.90 Å². The third-order valence-corrected chi connectivity index (χ3v) is 6.14. The highest BCUT2D eigenvalue weighted by Gasteiger charge is 2.14. The normalized spacial score (nSPS) is 11.5. The zero-order chi connectivity index (χ0) is 15.3. The van der Waals surface area contributed by atoms with Gasteiger partial charge in [-0.3, -0.25) is 0 Å². The molecule has 0 aliphatic carbocycles. The van der Waals surface area contributed by atoms with E-state index in [0.29, 0.717) is 16.6 Å². The van der Waals surface area contributed by atoms with Gasteiger partial charge in [-0.2, -0.15) is 0 Å². The highest BCUT2D eigenvalue weighted by molar-refractivity contribution is 7.98. The van der Waals surface area contributed by atoms with E-state index in [1.807, 2.05) is 25.3 Å². The maximum Gasteiger partial charge on any atom is 0.250 e. The summed E-state index contributed by atoms with van der Waals surface area (Å²) in [4.78, 5) is 0.970. The van der Waals surface area contributed by atoms with Crippen LogP contribution in [-0.4, -0.2) is 38.0 Å². The van der Waals surface area contributed by atoms with Crippen LogP contribution in [0.3, 0.4) is 0 Å². The largest absolute Gasteiger partial charge is 0.367 e. The van der Waals surface area contributed by atoms with E-state index in [-0.39, 0.29) is 6.54 Å². The van der Waals surface area contributed by atoms with Gasteiger partial charge in [-0.05, 0) is 37.4 Å². The van der Waals surface area contributed by atoms with E-state index in [1.54, 1.807) is 12.1 Å². The number of nitrogens with one attached hydrogen (secondary N) is 2. The van der Waals surface area contributed by atoms with Crippen LogP contribution < -0.4 is 10.0 Å². The Hall–Kier alpha value is -1.16. The fraction of sp³-hybridized carbons (Fsp3) is 0.333. The Labute approximate surface area is 132 Å². The topological polar surface area (TPSA) is 84.0 Å². The fourth-order valence-electron chi connectivity index (χ4n) is 1.53. The van der Waals surface area contributed by atoms with Crippen LogP contribution >= 0.6 is 23.1 Å². The van der Waals surface area contributed by atoms with Gasteiger partial charge in [-0.1, -0.05) is 0 Å². The molecule has 0 spiro atoms. The summed E-state index contributed by atoms with van der Waals surface area (Å²) in [6.45, 7) is 2.60. The summed E-state index contributed by atoms with van der Waals surface area (Å²) in [7, 11) is -3.42. The number of hydrogen-bond acceptors (Lipinski definition) is 7. The number of hydrogen-bond donors (Lipinski definition) is 2. The molecule has 0 aliphatic heterocycles. The Kier molecular flexibility index (Phi) is 5.57. The van der Waals surface area contributed by atoms with Crippen molar-refractivity contribution in [3.63, 3.8) is 0 Å². The summed E-state index contributed by atoms with van der Waals surface area (Å²) < 4.78 is 26.8. The van der Waals surface area contributed by atoms with E-state index >= 15 is 0 Å². The van der Waals surface area contributed by atoms with E-state index in [2.05, 4.69) is 20.2 Å². The Morgan fingerprint density at radius 1 is 1.19 bits per heavy atom. The molecule has 0 amide bonds. The quantitative estimate of drug-likeness (QED) is 0.590. The first kappa shape index (κ1) is 16.2. The lowest BCUT2D eigenvalue weighted by Crippen LogP contribution is -2.28. The lowest BCUT2D eigenvalue weighted by Gasteiger charge is -2.07. The molecule has 0 saturated heterocycles. The second kappa shape index (κ2) is 7.21. The molecule has 0 atom stereocenters. The second-order valence-corrected chi connectivity index (χ2v) is 8.26. The minimum atomic E-state index is -3.42. The van der Waals surface area contributed by atoms with Crippen LogP contribution in [0.1, 0.15) is 4.88 Å². The van der Waals surface area contributed by atoms with Crippen molar-refractivity contribution in [1.29, 1.82) is 0 Å². The minimum absolute atomic E-state index is 0.283. The molecule has 2 aromatic heterocycles. The number of nitrogens with zero attached hydrogens (tertiary/aromatic N) is 2. The van der Waals surface area contributed by atoms with Gasteiger partial charge in [0.25, 0.3) is 0 Å². The minimum Gasteiger partial charge on any atom is -0.367 e. The molecule has 2 aromatic rings. The second-order valence-electron chi connectivity index (χ2n) is 4.15. The Bertz CT molecular complexity index is 683. The monoisotopic (exact) mass is 344 g/mol. The van der Waals surface area contributed by atoms with Crippen LogP contribution in [0.2, 0.25) is 0 Å². The molecule has 0 bridgehead atoms. The standard InChI is InChI=1S/C12H16N4O2S3/c1-9-3-6-12(20-9)21(17,18)14-8-7-13-10-4-5-11(19-2)16-15-10/h3-6,14H,7-8H2,1-2H3,(H,13,15). The van der Waals surface area contributed by atoms with E-state index in [4.69, 9.17) is 0 Å². The average molecular weight is 344 g/mol. The predicted molar refractivity (Wildman–Crippen MR) is 86.5 cm³/mol. The van der Waals surface area contributed by atoms with Crippen LogP contribution in [0.4, 0.5) is 5.82 Å². The van der Waals surface area contributed by atoms with Gasteiger partial charge < -0.3 is 5.32 Å². The number of anilines is 1. The van der Waals surface area contributed by atoms with Crippen molar-refractivity contribution in [3.05, 3.63) is 29.1 Å². The summed E-state index contributed by atoms with van der Waals surface area (Å²) in [6, 6.07) is 7.08. The molecule has 2 N–H and O–H groups in total. The Morgan fingerprint density at radius 2 is 2.00 bits per heavy atom. The van der Waals surface area contributed by atoms with Gasteiger partial charge in [0.1, 0.15) is 15.1 Å². The molecular weight excluding hydrogens is 328 g/mol. The molecule has 0 aromatic carbocycles. The van der Waals surface area contributed by atoms with Crippen LogP contribution in [-0.2, 0) is 10.0 Å². The molecule has 114 valence electrons. The highest BCUT2D eigenvalue weighted by Crippen LogP contribution is 2.20. The van der Waals surface area contributed by atoms with Crippen molar-refractivity contribution in [3.8, 4) is 0 Å². The smallest absolute Gasteiger partial charge is 0.250 e. The lowest BCUT2D eigenvalue weighted by molar-refractivity contribution is 0.585. The first-order valence-electron chi connectivity index (χ1n) is 6.19. The summed E-state index contributed by atoms with van der Waals surface area (Å²) in [5.41, 5.74) is 0. The third-order valence-electron chi connectivity index (χ3n) is 2.55. The van der Waals surface area contributed by atoms with Crippen LogP contribution in [0, 0.1) is 6.92 Å². The van der Waals surface area contributed by atoms with Gasteiger partial charge in [-0.15, -0.1) is 33.3 Å². The van der Waals surface area contributed by atoms with Crippen molar-refractivity contribution in [2.45, 2.75) is 16.2 Å². The van der Waals surface area contributed by atoms with Gasteiger partial charge in [-0.25, -0.2) is 13.1 Å². The van der Waals surface area contributed by atoms with Crippen molar-refractivity contribution < 1.29 is 8.42 Å². The number of aryl methyl sites for hydroxylation is 1. The molecule has 0 saturated carbocycles. The molecular formula is C12H16N4O2S3. The van der Waals surface area contributed by atoms with E-state index < -0.39 is 10.0 Å². The van der Waals surface area contributed by atoms with Gasteiger partial charge in [0.15, 0.2) is 0 Å². The molecule has 0 fully saturated rings. The fourth-order valence-corrected chi connectivity index (χ4v) is 4.21. The number of thioether (sulfide) groups is 1. The molecule has 2 rings (SSSR count). The van der Waals surface area contributed by atoms with Crippen molar-refractivity contribution in [2.75, 3.05) is 24.7 Å². The maximum atomic E-state index is 12.0. The molecule has 6 nitrogen and oxygen atoms in total. The zero-order valence-electron chi connectivity index (χ0n) is 11.7. The molecule has 0 radical (unpaired) electrons. The summed E-state index contributed by atoms with van der Waals surface area (Å²) in [5.74, 6) is 0.624.